The van der Waals surface area contributed by atoms with Crippen LogP contribution in [0.1, 0.15) is 5.56 Å². The van der Waals surface area contributed by atoms with Gasteiger partial charge in [-0.15, -0.1) is 0 Å². The zero-order valence-corrected chi connectivity index (χ0v) is 6.98. The van der Waals surface area contributed by atoms with E-state index in [1.54, 1.807) is 0 Å². The van der Waals surface area contributed by atoms with Crippen molar-refractivity contribution < 1.29 is 14.6 Å². The molecule has 0 saturated carbocycles. The number of hydrogen-bond acceptors (Lipinski definition) is 2. The van der Waals surface area contributed by atoms with Crippen molar-refractivity contribution >= 4 is 11.6 Å². The Morgan fingerprint density at radius 1 is 1.42 bits per heavy atom. The second-order valence-corrected chi connectivity index (χ2v) is 2.78. The zero-order valence-electron chi connectivity index (χ0n) is 6.22. The average Bonchev–Trinajstić information content (AvgIpc) is 2.00. The number of halogens is 2. The molecule has 0 spiro atoms. The van der Waals surface area contributed by atoms with Crippen LogP contribution in [0.25, 0.3) is 0 Å². The maximum atomic E-state index is 12.7. The number of phenolic OH excluding ortho intramolecular Hbond substituents is 1. The molecule has 0 unspecified atom stereocenters. The van der Waals surface area contributed by atoms with Crippen molar-refractivity contribution in [3.63, 3.8) is 0 Å². The Bertz CT molecular complexity index is 289. The molecule has 0 amide bonds. The van der Waals surface area contributed by atoms with Gasteiger partial charge >= 0.3 is 0 Å². The molecular weight excluding hydrogens is 183 g/mol. The Balaban J connectivity index is 3.09. The first-order chi connectivity index (χ1) is 5.65. The van der Waals surface area contributed by atoms with Gasteiger partial charge < -0.3 is 10.2 Å². The lowest BCUT2D eigenvalue weighted by Gasteiger charge is -2.03. The molecule has 1 rings (SSSR count). The molecule has 1 aromatic carbocycles. The Morgan fingerprint density at radius 3 is 2.67 bits per heavy atom. The average molecular weight is 191 g/mol. The number of aromatic hydroxyl groups is 1. The third kappa shape index (κ3) is 1.87. The van der Waals surface area contributed by atoms with Crippen molar-refractivity contribution in [1.29, 1.82) is 0 Å². The van der Waals surface area contributed by atoms with Gasteiger partial charge in [-0.2, -0.15) is 0 Å². The highest BCUT2D eigenvalue weighted by Gasteiger charge is 2.07. The molecule has 66 valence electrons. The van der Waals surface area contributed by atoms with Gasteiger partial charge in [-0.05, 0) is 18.6 Å². The molecule has 2 N–H and O–H groups in total. The summed E-state index contributed by atoms with van der Waals surface area (Å²) >= 11 is 5.48. The fraction of sp³-hybridized carbons (Fsp3) is 0.250. The molecule has 0 aliphatic heterocycles. The topological polar surface area (TPSA) is 40.5 Å². The monoisotopic (exact) mass is 190 g/mol. The van der Waals surface area contributed by atoms with Crippen LogP contribution in [-0.2, 0) is 6.42 Å². The molecule has 4 heteroatoms. The zero-order chi connectivity index (χ0) is 9.14. The molecule has 0 heterocycles. The molecule has 0 aromatic heterocycles. The van der Waals surface area contributed by atoms with Gasteiger partial charge in [-0.3, -0.25) is 0 Å². The highest BCUT2D eigenvalue weighted by atomic mass is 35.5. The fourth-order valence-electron chi connectivity index (χ4n) is 0.930. The molecule has 0 atom stereocenters. The molecular formula is C8H8ClFO2. The summed E-state index contributed by atoms with van der Waals surface area (Å²) in [6.45, 7) is -0.145. The van der Waals surface area contributed by atoms with Crippen LogP contribution in [0.3, 0.4) is 0 Å². The predicted octanol–water partition coefficient (Wildman–Crippen LogP) is 1.72. The van der Waals surface area contributed by atoms with Crippen molar-refractivity contribution in [2.24, 2.45) is 0 Å². The molecule has 0 fully saturated rings. The van der Waals surface area contributed by atoms with Gasteiger partial charge in [0.05, 0.1) is 5.02 Å². The van der Waals surface area contributed by atoms with Crippen LogP contribution in [-0.4, -0.2) is 16.8 Å². The first kappa shape index (κ1) is 9.29. The lowest BCUT2D eigenvalue weighted by Crippen LogP contribution is -1.92. The fourth-order valence-corrected chi connectivity index (χ4v) is 1.16. The second-order valence-electron chi connectivity index (χ2n) is 2.37. The number of hydrogen-bond donors (Lipinski definition) is 2. The summed E-state index contributed by atoms with van der Waals surface area (Å²) in [5.74, 6) is -0.673. The minimum absolute atomic E-state index is 0.0292. The normalized spacial score (nSPS) is 10.2. The van der Waals surface area contributed by atoms with Crippen molar-refractivity contribution in [3.8, 4) is 5.75 Å². The summed E-state index contributed by atoms with van der Waals surface area (Å²) in [5.41, 5.74) is 0.322. The minimum Gasteiger partial charge on any atom is -0.506 e. The van der Waals surface area contributed by atoms with Crippen molar-refractivity contribution in [3.05, 3.63) is 28.5 Å². The molecule has 12 heavy (non-hydrogen) atoms. The molecule has 0 saturated heterocycles. The van der Waals surface area contributed by atoms with Gasteiger partial charge in [-0.1, -0.05) is 11.6 Å². The van der Waals surface area contributed by atoms with Crippen molar-refractivity contribution in [2.45, 2.75) is 6.42 Å². The van der Waals surface area contributed by atoms with Gasteiger partial charge in [-0.25, -0.2) is 4.39 Å². The number of aliphatic hydroxyl groups is 1. The quantitative estimate of drug-likeness (QED) is 0.746. The standard InChI is InChI=1S/C8H8ClFO2/c9-7-4-6(10)3-5(1-2-11)8(7)12/h3-4,11-12H,1-2H2. The van der Waals surface area contributed by atoms with Crippen LogP contribution in [0.2, 0.25) is 5.02 Å². The molecule has 0 aliphatic rings. The third-order valence-corrected chi connectivity index (χ3v) is 1.78. The molecule has 0 radical (unpaired) electrons. The number of benzene rings is 1. The van der Waals surface area contributed by atoms with E-state index in [4.69, 9.17) is 16.7 Å². The van der Waals surface area contributed by atoms with Crippen molar-refractivity contribution in [2.75, 3.05) is 6.61 Å². The van der Waals surface area contributed by atoms with Gasteiger partial charge in [0.2, 0.25) is 0 Å². The lowest BCUT2D eigenvalue weighted by atomic mass is 10.1. The summed E-state index contributed by atoms with van der Waals surface area (Å²) in [5, 5.41) is 17.8. The van der Waals surface area contributed by atoms with Crippen LogP contribution in [0.5, 0.6) is 5.75 Å². The van der Waals surface area contributed by atoms with E-state index in [1.807, 2.05) is 0 Å². The number of phenols is 1. The van der Waals surface area contributed by atoms with E-state index >= 15 is 0 Å². The molecule has 1 aromatic rings. The van der Waals surface area contributed by atoms with Gasteiger partial charge in [0.1, 0.15) is 11.6 Å². The Kier molecular flexibility index (Phi) is 2.89. The number of rotatable bonds is 2. The van der Waals surface area contributed by atoms with Crippen LogP contribution < -0.4 is 0 Å². The van der Waals surface area contributed by atoms with E-state index in [0.717, 1.165) is 12.1 Å². The Hall–Kier alpha value is -0.800. The van der Waals surface area contributed by atoms with E-state index in [1.165, 1.54) is 0 Å². The van der Waals surface area contributed by atoms with Crippen LogP contribution in [0.15, 0.2) is 12.1 Å². The van der Waals surface area contributed by atoms with E-state index in [-0.39, 0.29) is 23.8 Å². The smallest absolute Gasteiger partial charge is 0.137 e. The maximum Gasteiger partial charge on any atom is 0.137 e. The molecule has 2 nitrogen and oxygen atoms in total. The SMILES string of the molecule is OCCc1cc(F)cc(Cl)c1O. The van der Waals surface area contributed by atoms with E-state index in [0.29, 0.717) is 5.56 Å². The van der Waals surface area contributed by atoms with E-state index in [9.17, 15) is 9.50 Å². The summed E-state index contributed by atoms with van der Waals surface area (Å²) in [7, 11) is 0. The summed E-state index contributed by atoms with van der Waals surface area (Å²) < 4.78 is 12.7. The highest BCUT2D eigenvalue weighted by molar-refractivity contribution is 6.32. The third-order valence-electron chi connectivity index (χ3n) is 1.49. The Morgan fingerprint density at radius 2 is 2.08 bits per heavy atom. The molecule has 0 bridgehead atoms. The maximum absolute atomic E-state index is 12.7. The van der Waals surface area contributed by atoms with Crippen molar-refractivity contribution in [1.82, 2.24) is 0 Å². The van der Waals surface area contributed by atoms with Gasteiger partial charge in [0, 0.05) is 12.2 Å². The van der Waals surface area contributed by atoms with E-state index < -0.39 is 5.82 Å². The first-order valence-electron chi connectivity index (χ1n) is 3.43. The predicted molar refractivity (Wildman–Crippen MR) is 43.9 cm³/mol. The lowest BCUT2D eigenvalue weighted by molar-refractivity contribution is 0.297. The highest BCUT2D eigenvalue weighted by Crippen LogP contribution is 2.28. The summed E-state index contributed by atoms with van der Waals surface area (Å²) in [6, 6.07) is 2.18. The first-order valence-corrected chi connectivity index (χ1v) is 3.80. The largest absolute Gasteiger partial charge is 0.506 e. The van der Waals surface area contributed by atoms with Gasteiger partial charge in [0.15, 0.2) is 0 Å². The Labute approximate surface area is 74.2 Å². The minimum atomic E-state index is -0.513. The molecule has 0 aliphatic carbocycles. The number of aliphatic hydroxyl groups excluding tert-OH is 1. The van der Waals surface area contributed by atoms with Gasteiger partial charge in [0.25, 0.3) is 0 Å². The van der Waals surface area contributed by atoms with E-state index in [2.05, 4.69) is 0 Å². The summed E-state index contributed by atoms with van der Waals surface area (Å²) in [4.78, 5) is 0. The van der Waals surface area contributed by atoms with Crippen LogP contribution in [0.4, 0.5) is 4.39 Å². The van der Waals surface area contributed by atoms with Crippen LogP contribution >= 0.6 is 11.6 Å². The summed E-state index contributed by atoms with van der Waals surface area (Å²) in [6.07, 6.45) is 0.198. The van der Waals surface area contributed by atoms with Crippen LogP contribution in [0, 0.1) is 5.82 Å². The second kappa shape index (κ2) is 3.74.